The van der Waals surface area contributed by atoms with Crippen LogP contribution in [-0.2, 0) is 26.5 Å². The van der Waals surface area contributed by atoms with Crippen LogP contribution in [0.15, 0.2) is 95.9 Å². The van der Waals surface area contributed by atoms with Gasteiger partial charge in [0.1, 0.15) is 0 Å². The van der Waals surface area contributed by atoms with Gasteiger partial charge in [0.2, 0.25) is 0 Å². The summed E-state index contributed by atoms with van der Waals surface area (Å²) in [5, 5.41) is 0.0544. The lowest BCUT2D eigenvalue weighted by Crippen LogP contribution is -2.16. The van der Waals surface area contributed by atoms with Crippen LogP contribution in [0.25, 0.3) is 79.8 Å². The molecule has 8 bridgehead atoms. The maximum absolute atomic E-state index is 12.1. The maximum atomic E-state index is 12.1. The zero-order valence-electron chi connectivity index (χ0n) is 38.7. The van der Waals surface area contributed by atoms with Crippen molar-refractivity contribution < 1.29 is 4.79 Å². The molecule has 3 aromatic carbocycles. The number of rotatable bonds is 4. The lowest BCUT2D eigenvalue weighted by molar-refractivity contribution is -0.109. The van der Waals surface area contributed by atoms with Gasteiger partial charge in [-0.3, -0.25) is 4.79 Å². The van der Waals surface area contributed by atoms with E-state index in [9.17, 15) is 4.79 Å². The van der Waals surface area contributed by atoms with Crippen LogP contribution < -0.4 is 0 Å². The number of carbonyl (C=O) groups excluding carboxylic acids is 1. The highest BCUT2D eigenvalue weighted by atomic mass is 32.2. The van der Waals surface area contributed by atoms with Gasteiger partial charge in [0.05, 0.1) is 22.8 Å². The molecule has 62 heavy (non-hydrogen) atoms. The minimum Gasteiger partial charge on any atom is -0.355 e. The average Bonchev–Trinajstić information content (AvgIpc) is 4.01. The Bertz CT molecular complexity index is 2750. The molecular weight excluding hydrogens is 777 g/mol. The van der Waals surface area contributed by atoms with Crippen molar-refractivity contribution in [3.05, 3.63) is 136 Å². The average molecular weight is 837 g/mol. The fraction of sp³-hybridized carbons (Fsp3) is 0.304. The number of thioether (sulfide) groups is 1. The van der Waals surface area contributed by atoms with Gasteiger partial charge in [-0.25, -0.2) is 9.97 Å². The number of fused-ring (bicyclic) bond motifs is 8. The summed E-state index contributed by atoms with van der Waals surface area (Å²) in [5.74, 6) is 0. The van der Waals surface area contributed by atoms with Crippen LogP contribution >= 0.6 is 11.8 Å². The molecule has 2 N–H and O–H groups in total. The highest BCUT2D eigenvalue weighted by Crippen LogP contribution is 2.41. The van der Waals surface area contributed by atoms with E-state index >= 15 is 0 Å². The minimum absolute atomic E-state index is 0.0544. The van der Waals surface area contributed by atoms with Crippen LogP contribution in [0.2, 0.25) is 0 Å². The van der Waals surface area contributed by atoms with E-state index in [1.807, 2.05) is 12.1 Å². The van der Waals surface area contributed by atoms with E-state index in [0.29, 0.717) is 0 Å². The van der Waals surface area contributed by atoms with Gasteiger partial charge in [0, 0.05) is 50.6 Å². The third kappa shape index (κ3) is 8.81. The predicted molar refractivity (Wildman–Crippen MR) is 267 cm³/mol. The molecule has 0 amide bonds. The van der Waals surface area contributed by atoms with Crippen LogP contribution in [0.3, 0.4) is 0 Å². The quantitative estimate of drug-likeness (QED) is 0.173. The predicted octanol–water partition coefficient (Wildman–Crippen LogP) is 15.5. The van der Waals surface area contributed by atoms with Crippen molar-refractivity contribution in [2.45, 2.75) is 117 Å². The normalized spacial score (nSPS) is 13.2. The van der Waals surface area contributed by atoms with E-state index in [1.54, 1.807) is 6.92 Å². The molecule has 0 aliphatic carbocycles. The zero-order valence-corrected chi connectivity index (χ0v) is 39.5. The molecule has 8 rings (SSSR count). The molecule has 0 saturated heterocycles. The summed E-state index contributed by atoms with van der Waals surface area (Å²) in [4.78, 5) is 31.7. The van der Waals surface area contributed by atoms with Crippen molar-refractivity contribution in [2.24, 2.45) is 0 Å². The highest BCUT2D eigenvalue weighted by molar-refractivity contribution is 8.13. The fourth-order valence-electron chi connectivity index (χ4n) is 8.17. The van der Waals surface area contributed by atoms with Crippen molar-refractivity contribution in [1.82, 2.24) is 19.9 Å². The van der Waals surface area contributed by atoms with Crippen LogP contribution in [0.4, 0.5) is 0 Å². The Labute approximate surface area is 372 Å². The molecule has 0 fully saturated rings. The minimum atomic E-state index is -0.0628. The SMILES string of the molecule is CC(=O)Sc1ccc(-c2c3nc(c(-c4cc(C(C)(C)C)cc(C(C)(C)C)c4)c4ccc(cc5ccc([nH]5)c(-c5cc(C(C)(C)C)cc(C(C)(C)C)c5)c5nc2C=C5)[nH]4)C=C3)cc1. The molecule has 6 aromatic rings. The summed E-state index contributed by atoms with van der Waals surface area (Å²) in [6.07, 6.45) is 8.57. The van der Waals surface area contributed by atoms with E-state index in [1.165, 1.54) is 34.0 Å². The van der Waals surface area contributed by atoms with Crippen molar-refractivity contribution in [1.29, 1.82) is 0 Å². The summed E-state index contributed by atoms with van der Waals surface area (Å²) < 4.78 is 0. The first kappa shape index (κ1) is 42.9. The van der Waals surface area contributed by atoms with E-state index < -0.39 is 0 Å². The first-order chi connectivity index (χ1) is 29.0. The van der Waals surface area contributed by atoms with Crippen LogP contribution in [-0.4, -0.2) is 25.1 Å². The van der Waals surface area contributed by atoms with Crippen LogP contribution in [0.1, 0.15) is 135 Å². The summed E-state index contributed by atoms with van der Waals surface area (Å²) in [5.41, 5.74) is 18.5. The number of aromatic nitrogens is 4. The third-order valence-electron chi connectivity index (χ3n) is 11.9. The van der Waals surface area contributed by atoms with E-state index in [4.69, 9.17) is 9.97 Å². The molecule has 0 saturated carbocycles. The van der Waals surface area contributed by atoms with Gasteiger partial charge in [-0.1, -0.05) is 143 Å². The first-order valence-electron chi connectivity index (χ1n) is 21.8. The number of aromatic amines is 2. The molecular formula is C56H60N4OS. The van der Waals surface area contributed by atoms with Gasteiger partial charge in [-0.15, -0.1) is 0 Å². The molecule has 6 heteroatoms. The van der Waals surface area contributed by atoms with E-state index in [-0.39, 0.29) is 26.8 Å². The zero-order chi connectivity index (χ0) is 44.5. The fourth-order valence-corrected chi connectivity index (χ4v) is 8.78. The summed E-state index contributed by atoms with van der Waals surface area (Å²) in [6, 6.07) is 33.2. The molecule has 0 unspecified atom stereocenters. The number of benzene rings is 3. The van der Waals surface area contributed by atoms with E-state index in [2.05, 4.69) is 196 Å². The van der Waals surface area contributed by atoms with Gasteiger partial charge < -0.3 is 9.97 Å². The van der Waals surface area contributed by atoms with Crippen molar-refractivity contribution >= 4 is 63.2 Å². The van der Waals surface area contributed by atoms with Gasteiger partial charge >= 0.3 is 0 Å². The number of hydrogen-bond acceptors (Lipinski definition) is 4. The summed E-state index contributed by atoms with van der Waals surface area (Å²) in [7, 11) is 0. The third-order valence-corrected chi connectivity index (χ3v) is 12.7. The molecule has 316 valence electrons. The second-order valence-electron chi connectivity index (χ2n) is 21.1. The molecule has 0 atom stereocenters. The Morgan fingerprint density at radius 2 is 0.790 bits per heavy atom. The molecule has 0 spiro atoms. The van der Waals surface area contributed by atoms with Gasteiger partial charge in [0.25, 0.3) is 0 Å². The van der Waals surface area contributed by atoms with Crippen molar-refractivity contribution in [3.8, 4) is 33.4 Å². The van der Waals surface area contributed by atoms with Crippen LogP contribution in [0.5, 0.6) is 0 Å². The molecule has 5 heterocycles. The van der Waals surface area contributed by atoms with Gasteiger partial charge in [0.15, 0.2) is 5.12 Å². The smallest absolute Gasteiger partial charge is 0.190 e. The Balaban J connectivity index is 1.51. The van der Waals surface area contributed by atoms with Crippen LogP contribution in [0, 0.1) is 0 Å². The Hall–Kier alpha value is -5.72. The Kier molecular flexibility index (Phi) is 10.8. The lowest BCUT2D eigenvalue weighted by Gasteiger charge is -2.26. The number of nitrogens with one attached hydrogen (secondary N) is 2. The largest absolute Gasteiger partial charge is 0.355 e. The number of H-pyrrole nitrogens is 2. The number of carbonyl (C=O) groups is 1. The monoisotopic (exact) mass is 836 g/mol. The molecule has 2 aliphatic heterocycles. The molecule has 3 aromatic heterocycles. The number of hydrogen-bond donors (Lipinski definition) is 2. The lowest BCUT2D eigenvalue weighted by atomic mass is 9.78. The highest BCUT2D eigenvalue weighted by Gasteiger charge is 2.26. The summed E-state index contributed by atoms with van der Waals surface area (Å²) >= 11 is 1.24. The molecule has 0 radical (unpaired) electrons. The van der Waals surface area contributed by atoms with Gasteiger partial charge in [-0.2, -0.15) is 0 Å². The van der Waals surface area contributed by atoms with Gasteiger partial charge in [-0.05, 0) is 127 Å². The second-order valence-corrected chi connectivity index (χ2v) is 22.3. The van der Waals surface area contributed by atoms with Crippen molar-refractivity contribution in [3.63, 3.8) is 0 Å². The summed E-state index contributed by atoms with van der Waals surface area (Å²) in [6.45, 7) is 29.0. The van der Waals surface area contributed by atoms with E-state index in [0.717, 1.165) is 83.1 Å². The number of nitrogens with zero attached hydrogens (tertiary/aromatic N) is 2. The maximum Gasteiger partial charge on any atom is 0.190 e. The Morgan fingerprint density at radius 1 is 0.435 bits per heavy atom. The molecule has 5 nitrogen and oxygen atoms in total. The standard InChI is InChI=1S/C56H60N4OS/c1-33(61)62-43-18-14-34(15-19-43)50-46-22-24-48(59-46)51(35-26-37(53(2,3)4)30-38(27-35)54(5,6)7)44-20-16-41(57-44)32-42-17-21-45(58-42)52(49-25-23-47(50)60-49)36-28-39(55(8,9)10)31-40(29-36)56(11,12)13/h14-32,57-58H,1-13H3. The first-order valence-corrected chi connectivity index (χ1v) is 22.6. The van der Waals surface area contributed by atoms with Crippen molar-refractivity contribution in [2.75, 3.05) is 0 Å². The Morgan fingerprint density at radius 3 is 1.13 bits per heavy atom. The topological polar surface area (TPSA) is 74.4 Å². The second kappa shape index (κ2) is 15.6. The molecule has 2 aliphatic rings.